The minimum atomic E-state index is -3.23. The SMILES string of the molecule is O=C(c1nc2n(n1)[C@@H](c1ccccc1)CC2(F)F)N1CC(F)(F)C1.O=C(c1nc2n(n1)[C@H](c1ccccc1)CC2(F)F)N1CC(F)(F)C1. The van der Waals surface area contributed by atoms with Crippen molar-refractivity contribution in [2.45, 2.75) is 48.6 Å². The van der Waals surface area contributed by atoms with Gasteiger partial charge in [-0.25, -0.2) is 36.9 Å². The highest BCUT2D eigenvalue weighted by Gasteiger charge is 2.53. The van der Waals surface area contributed by atoms with E-state index in [1.54, 1.807) is 60.7 Å². The molecule has 0 bridgehead atoms. The molecule has 4 aliphatic heterocycles. The van der Waals surface area contributed by atoms with Gasteiger partial charge < -0.3 is 9.80 Å². The third kappa shape index (κ3) is 5.55. The van der Waals surface area contributed by atoms with Crippen LogP contribution in [0.2, 0.25) is 0 Å². The fourth-order valence-electron chi connectivity index (χ4n) is 6.07. The zero-order valence-electron chi connectivity index (χ0n) is 24.6. The van der Waals surface area contributed by atoms with Crippen molar-refractivity contribution in [3.63, 3.8) is 0 Å². The Balaban J connectivity index is 0.000000152. The minimum absolute atomic E-state index is 0.471. The van der Waals surface area contributed by atoms with Crippen LogP contribution in [0.5, 0.6) is 0 Å². The van der Waals surface area contributed by atoms with E-state index >= 15 is 0 Å². The molecule has 0 radical (unpaired) electrons. The second-order valence-electron chi connectivity index (χ2n) is 12.1. The first-order chi connectivity index (χ1) is 22.5. The Bertz CT molecular complexity index is 1730. The summed E-state index contributed by atoms with van der Waals surface area (Å²) in [6, 6.07) is 15.7. The van der Waals surface area contributed by atoms with E-state index in [2.05, 4.69) is 20.2 Å². The van der Waals surface area contributed by atoms with E-state index in [1.807, 2.05) is 0 Å². The van der Waals surface area contributed by atoms with Gasteiger partial charge in [-0.05, 0) is 11.1 Å². The third-order valence-corrected chi connectivity index (χ3v) is 8.42. The van der Waals surface area contributed by atoms with Gasteiger partial charge in [0.05, 0.1) is 38.3 Å². The normalized spacial score (nSPS) is 23.7. The van der Waals surface area contributed by atoms with Crippen LogP contribution < -0.4 is 0 Å². The van der Waals surface area contributed by atoms with Gasteiger partial charge >= 0.3 is 11.8 Å². The fraction of sp³-hybridized carbons (Fsp3) is 0.400. The highest BCUT2D eigenvalue weighted by molar-refractivity contribution is 5.91. The molecule has 4 aliphatic rings. The highest BCUT2D eigenvalue weighted by Crippen LogP contribution is 2.46. The average molecular weight is 681 g/mol. The van der Waals surface area contributed by atoms with E-state index in [0.29, 0.717) is 11.1 Å². The molecule has 8 rings (SSSR count). The van der Waals surface area contributed by atoms with Crippen LogP contribution in [0.15, 0.2) is 60.7 Å². The molecular weight excluding hydrogens is 656 g/mol. The van der Waals surface area contributed by atoms with E-state index < -0.39 is 110 Å². The molecular formula is C30H24F8N8O2. The molecule has 10 nitrogen and oxygen atoms in total. The van der Waals surface area contributed by atoms with Gasteiger partial charge in [0.25, 0.3) is 23.7 Å². The van der Waals surface area contributed by atoms with Crippen LogP contribution in [-0.4, -0.2) is 89.2 Å². The van der Waals surface area contributed by atoms with Crippen molar-refractivity contribution in [1.29, 1.82) is 0 Å². The number of alkyl halides is 8. The van der Waals surface area contributed by atoms with E-state index in [-0.39, 0.29) is 0 Å². The van der Waals surface area contributed by atoms with E-state index in [4.69, 9.17) is 0 Å². The summed E-state index contributed by atoms with van der Waals surface area (Å²) in [6.07, 6.45) is -0.995. The summed E-state index contributed by atoms with van der Waals surface area (Å²) in [6.45, 7) is -2.97. The molecule has 0 saturated carbocycles. The summed E-state index contributed by atoms with van der Waals surface area (Å²) in [5.41, 5.74) is 1.24. The number of carbonyl (C=O) groups excluding carboxylic acids is 2. The van der Waals surface area contributed by atoms with Crippen molar-refractivity contribution < 1.29 is 44.7 Å². The number of aromatic nitrogens is 6. The summed E-state index contributed by atoms with van der Waals surface area (Å²) in [5, 5.41) is 7.77. The topological polar surface area (TPSA) is 102 Å². The molecule has 48 heavy (non-hydrogen) atoms. The number of fused-ring (bicyclic) bond motifs is 2. The number of hydrogen-bond acceptors (Lipinski definition) is 6. The lowest BCUT2D eigenvalue weighted by atomic mass is 10.0. The monoisotopic (exact) mass is 680 g/mol. The van der Waals surface area contributed by atoms with Crippen molar-refractivity contribution >= 4 is 11.8 Å². The van der Waals surface area contributed by atoms with Crippen molar-refractivity contribution in [1.82, 2.24) is 39.3 Å². The Morgan fingerprint density at radius 1 is 0.562 bits per heavy atom. The van der Waals surface area contributed by atoms with Gasteiger partial charge in [-0.3, -0.25) is 9.59 Å². The van der Waals surface area contributed by atoms with Crippen molar-refractivity contribution in [3.05, 3.63) is 95.1 Å². The molecule has 2 aromatic carbocycles. The van der Waals surface area contributed by atoms with Crippen molar-refractivity contribution in [2.24, 2.45) is 0 Å². The van der Waals surface area contributed by atoms with Gasteiger partial charge in [-0.15, -0.1) is 10.2 Å². The molecule has 0 N–H and O–H groups in total. The molecule has 2 fully saturated rings. The van der Waals surface area contributed by atoms with E-state index in [9.17, 15) is 44.7 Å². The van der Waals surface area contributed by atoms with Crippen LogP contribution in [0.1, 0.15) is 68.9 Å². The number of likely N-dealkylation sites (tertiary alicyclic amines) is 2. The van der Waals surface area contributed by atoms with E-state index in [1.165, 1.54) is 0 Å². The fourth-order valence-corrected chi connectivity index (χ4v) is 6.07. The second kappa shape index (κ2) is 10.8. The zero-order chi connectivity index (χ0) is 34.2. The molecule has 2 atom stereocenters. The van der Waals surface area contributed by atoms with Gasteiger partial charge in [0.2, 0.25) is 11.6 Å². The molecule has 4 aromatic rings. The number of halogens is 8. The number of rotatable bonds is 4. The quantitative estimate of drug-likeness (QED) is 0.284. The summed E-state index contributed by atoms with van der Waals surface area (Å²) in [7, 11) is 0. The Morgan fingerprint density at radius 2 is 0.896 bits per heavy atom. The lowest BCUT2D eigenvalue weighted by Crippen LogP contribution is -2.58. The molecule has 0 spiro atoms. The largest absolute Gasteiger partial charge is 0.324 e. The number of carbonyl (C=O) groups is 2. The molecule has 2 amide bonds. The van der Waals surface area contributed by atoms with Crippen molar-refractivity contribution in [3.8, 4) is 0 Å². The first-order valence-electron chi connectivity index (χ1n) is 14.7. The Morgan fingerprint density at radius 3 is 1.21 bits per heavy atom. The summed E-state index contributed by atoms with van der Waals surface area (Å²) < 4.78 is 110. The van der Waals surface area contributed by atoms with Crippen LogP contribution in [0, 0.1) is 0 Å². The number of amides is 2. The van der Waals surface area contributed by atoms with Gasteiger partial charge in [0.1, 0.15) is 0 Å². The van der Waals surface area contributed by atoms with E-state index in [0.717, 1.165) is 19.2 Å². The average Bonchev–Trinajstić information content (AvgIpc) is 3.77. The predicted molar refractivity (Wildman–Crippen MR) is 148 cm³/mol. The van der Waals surface area contributed by atoms with Gasteiger partial charge in [-0.1, -0.05) is 60.7 Å². The lowest BCUT2D eigenvalue weighted by Gasteiger charge is -2.37. The minimum Gasteiger partial charge on any atom is -0.324 e. The maximum absolute atomic E-state index is 14.2. The van der Waals surface area contributed by atoms with Crippen LogP contribution >= 0.6 is 0 Å². The standard InChI is InChI=1S/2C15H12F4N4O/c2*16-14(17)7-22(8-14)12(24)11-20-13-15(18,19)6-10(23(13)21-11)9-4-2-1-3-5-9/h2*1-5,10H,6-8H2/t2*10-/m10/s1. The lowest BCUT2D eigenvalue weighted by molar-refractivity contribution is -0.113. The summed E-state index contributed by atoms with van der Waals surface area (Å²) in [5.74, 6) is -16.2. The zero-order valence-corrected chi connectivity index (χ0v) is 24.6. The maximum Gasteiger partial charge on any atom is 0.308 e. The van der Waals surface area contributed by atoms with Crippen LogP contribution in [0.25, 0.3) is 0 Å². The molecule has 252 valence electrons. The first kappa shape index (κ1) is 31.7. The molecule has 6 heterocycles. The highest BCUT2D eigenvalue weighted by atomic mass is 19.3. The van der Waals surface area contributed by atoms with Gasteiger partial charge in [0, 0.05) is 12.8 Å². The Labute approximate surface area is 266 Å². The third-order valence-electron chi connectivity index (χ3n) is 8.42. The molecule has 18 heteroatoms. The predicted octanol–water partition coefficient (Wildman–Crippen LogP) is 4.91. The summed E-state index contributed by atoms with van der Waals surface area (Å²) in [4.78, 5) is 33.1. The van der Waals surface area contributed by atoms with Crippen LogP contribution in [0.4, 0.5) is 35.1 Å². The number of benzene rings is 2. The first-order valence-corrected chi connectivity index (χ1v) is 14.7. The molecule has 0 aliphatic carbocycles. The molecule has 2 aromatic heterocycles. The maximum atomic E-state index is 14.2. The Hall–Kier alpha value is -4.90. The molecule has 0 unspecified atom stereocenters. The summed E-state index contributed by atoms with van der Waals surface area (Å²) >= 11 is 0. The Kier molecular flexibility index (Phi) is 7.14. The smallest absolute Gasteiger partial charge is 0.308 e. The van der Waals surface area contributed by atoms with Crippen LogP contribution in [0.3, 0.4) is 0 Å². The second-order valence-corrected chi connectivity index (χ2v) is 12.1. The number of nitrogens with zero attached hydrogens (tertiary/aromatic N) is 8. The van der Waals surface area contributed by atoms with Gasteiger partial charge in [0.15, 0.2) is 11.6 Å². The van der Waals surface area contributed by atoms with Crippen molar-refractivity contribution in [2.75, 3.05) is 26.2 Å². The van der Waals surface area contributed by atoms with Crippen LogP contribution in [-0.2, 0) is 11.8 Å². The molecule has 2 saturated heterocycles. The number of hydrogen-bond donors (Lipinski definition) is 0. The van der Waals surface area contributed by atoms with Gasteiger partial charge in [-0.2, -0.15) is 17.6 Å².